The third-order valence-corrected chi connectivity index (χ3v) is 3.00. The molecule has 0 aromatic heterocycles. The van der Waals surface area contributed by atoms with E-state index in [0.717, 1.165) is 31.8 Å². The van der Waals surface area contributed by atoms with E-state index in [4.69, 9.17) is 0 Å². The Kier molecular flexibility index (Phi) is 4.13. The third-order valence-electron chi connectivity index (χ3n) is 3.00. The molecule has 2 nitrogen and oxygen atoms in total. The Hall–Kier alpha value is -0.660. The summed E-state index contributed by atoms with van der Waals surface area (Å²) in [5.74, 6) is 1.75. The van der Waals surface area contributed by atoms with Crippen LogP contribution >= 0.6 is 0 Å². The lowest BCUT2D eigenvalue weighted by Gasteiger charge is -2.31. The van der Waals surface area contributed by atoms with Crippen molar-refractivity contribution in [2.75, 3.05) is 0 Å². The van der Waals surface area contributed by atoms with Gasteiger partial charge < -0.3 is 9.59 Å². The topological polar surface area (TPSA) is 34.1 Å². The van der Waals surface area contributed by atoms with Gasteiger partial charge in [-0.25, -0.2) is 0 Å². The molecular formula is C11H18O2. The number of hydrogen-bond donors (Lipinski definition) is 0. The molecule has 1 aliphatic rings. The van der Waals surface area contributed by atoms with E-state index in [-0.39, 0.29) is 0 Å². The minimum absolute atomic E-state index is 0.534. The van der Waals surface area contributed by atoms with Gasteiger partial charge >= 0.3 is 0 Å². The second kappa shape index (κ2) is 5.15. The largest absolute Gasteiger partial charge is 0.303 e. The first-order chi connectivity index (χ1) is 6.26. The lowest BCUT2D eigenvalue weighted by atomic mass is 9.74. The van der Waals surface area contributed by atoms with Crippen LogP contribution < -0.4 is 0 Å². The van der Waals surface area contributed by atoms with Crippen molar-refractivity contribution < 1.29 is 9.59 Å². The molecule has 2 atom stereocenters. The van der Waals surface area contributed by atoms with Gasteiger partial charge in [0.15, 0.2) is 0 Å². The molecule has 2 unspecified atom stereocenters. The van der Waals surface area contributed by atoms with Crippen LogP contribution in [0.15, 0.2) is 0 Å². The number of carbonyl (C=O) groups excluding carboxylic acids is 2. The number of hydrogen-bond acceptors (Lipinski definition) is 2. The Balaban J connectivity index is 2.41. The highest BCUT2D eigenvalue weighted by atomic mass is 16.1. The SMILES string of the molecule is CC1CC(CC=O)CC(CC=O)C1. The fraction of sp³-hybridized carbons (Fsp3) is 0.818. The molecule has 0 aromatic carbocycles. The molecule has 0 heterocycles. The van der Waals surface area contributed by atoms with Crippen LogP contribution in [0.25, 0.3) is 0 Å². The van der Waals surface area contributed by atoms with Crippen LogP contribution in [-0.4, -0.2) is 12.6 Å². The van der Waals surface area contributed by atoms with Crippen molar-refractivity contribution in [3.05, 3.63) is 0 Å². The smallest absolute Gasteiger partial charge is 0.120 e. The van der Waals surface area contributed by atoms with E-state index in [1.807, 2.05) is 0 Å². The van der Waals surface area contributed by atoms with Crippen molar-refractivity contribution >= 4 is 12.6 Å². The van der Waals surface area contributed by atoms with Gasteiger partial charge in [-0.15, -0.1) is 0 Å². The van der Waals surface area contributed by atoms with Crippen molar-refractivity contribution in [2.45, 2.75) is 39.0 Å². The zero-order chi connectivity index (χ0) is 9.68. The van der Waals surface area contributed by atoms with Crippen molar-refractivity contribution in [2.24, 2.45) is 17.8 Å². The highest BCUT2D eigenvalue weighted by molar-refractivity contribution is 5.50. The van der Waals surface area contributed by atoms with E-state index in [9.17, 15) is 9.59 Å². The third kappa shape index (κ3) is 3.29. The van der Waals surface area contributed by atoms with E-state index in [2.05, 4.69) is 6.92 Å². The monoisotopic (exact) mass is 182 g/mol. The van der Waals surface area contributed by atoms with Crippen molar-refractivity contribution in [3.8, 4) is 0 Å². The van der Waals surface area contributed by atoms with E-state index in [1.54, 1.807) is 0 Å². The molecular weight excluding hydrogens is 164 g/mol. The molecule has 0 aliphatic heterocycles. The van der Waals surface area contributed by atoms with Gasteiger partial charge in [0.05, 0.1) is 0 Å². The van der Waals surface area contributed by atoms with E-state index in [0.29, 0.717) is 30.6 Å². The molecule has 1 saturated carbocycles. The van der Waals surface area contributed by atoms with Crippen LogP contribution in [0.5, 0.6) is 0 Å². The van der Waals surface area contributed by atoms with Gasteiger partial charge in [-0.05, 0) is 37.0 Å². The maximum atomic E-state index is 10.4. The van der Waals surface area contributed by atoms with Gasteiger partial charge in [0.2, 0.25) is 0 Å². The highest BCUT2D eigenvalue weighted by Crippen LogP contribution is 2.35. The van der Waals surface area contributed by atoms with Crippen LogP contribution in [0.2, 0.25) is 0 Å². The molecule has 1 aliphatic carbocycles. The van der Waals surface area contributed by atoms with Gasteiger partial charge in [-0.1, -0.05) is 6.92 Å². The minimum Gasteiger partial charge on any atom is -0.303 e. The summed E-state index contributed by atoms with van der Waals surface area (Å²) in [6.45, 7) is 2.22. The van der Waals surface area contributed by atoms with Crippen molar-refractivity contribution in [3.63, 3.8) is 0 Å². The first-order valence-corrected chi connectivity index (χ1v) is 5.13. The summed E-state index contributed by atoms with van der Waals surface area (Å²) in [4.78, 5) is 20.7. The van der Waals surface area contributed by atoms with Crippen LogP contribution in [0.1, 0.15) is 39.0 Å². The average molecular weight is 182 g/mol. The zero-order valence-corrected chi connectivity index (χ0v) is 8.24. The van der Waals surface area contributed by atoms with Crippen LogP contribution in [0.3, 0.4) is 0 Å². The molecule has 0 bridgehead atoms. The summed E-state index contributed by atoms with van der Waals surface area (Å²) in [7, 11) is 0. The maximum absolute atomic E-state index is 10.4. The lowest BCUT2D eigenvalue weighted by molar-refractivity contribution is -0.109. The molecule has 0 aromatic rings. The molecule has 74 valence electrons. The Morgan fingerprint density at radius 1 is 1.00 bits per heavy atom. The highest BCUT2D eigenvalue weighted by Gasteiger charge is 2.25. The van der Waals surface area contributed by atoms with E-state index < -0.39 is 0 Å². The Morgan fingerprint density at radius 3 is 1.85 bits per heavy atom. The Bertz CT molecular complexity index is 159. The fourth-order valence-corrected chi connectivity index (χ4v) is 2.56. The van der Waals surface area contributed by atoms with Gasteiger partial charge in [0, 0.05) is 12.8 Å². The number of rotatable bonds is 4. The second-order valence-electron chi connectivity index (χ2n) is 4.35. The fourth-order valence-electron chi connectivity index (χ4n) is 2.56. The second-order valence-corrected chi connectivity index (χ2v) is 4.35. The molecule has 0 radical (unpaired) electrons. The molecule has 2 heteroatoms. The summed E-state index contributed by atoms with van der Waals surface area (Å²) in [5, 5.41) is 0. The van der Waals surface area contributed by atoms with Crippen molar-refractivity contribution in [1.82, 2.24) is 0 Å². The van der Waals surface area contributed by atoms with Crippen LogP contribution in [-0.2, 0) is 9.59 Å². The summed E-state index contributed by atoms with van der Waals surface area (Å²) in [5.41, 5.74) is 0. The molecule has 13 heavy (non-hydrogen) atoms. The minimum atomic E-state index is 0.534. The predicted molar refractivity (Wildman–Crippen MR) is 51.4 cm³/mol. The normalized spacial score (nSPS) is 34.1. The molecule has 0 N–H and O–H groups in total. The standard InChI is InChI=1S/C11H18O2/c1-9-6-10(2-4-12)8-11(7-9)3-5-13/h4-5,9-11H,2-3,6-8H2,1H3. The number of aldehydes is 2. The quantitative estimate of drug-likeness (QED) is 0.625. The maximum Gasteiger partial charge on any atom is 0.120 e. The molecule has 1 fully saturated rings. The molecule has 0 spiro atoms. The van der Waals surface area contributed by atoms with Gasteiger partial charge in [0.1, 0.15) is 12.6 Å². The molecule has 1 rings (SSSR count). The summed E-state index contributed by atoms with van der Waals surface area (Å²) >= 11 is 0. The summed E-state index contributed by atoms with van der Waals surface area (Å²) in [6.07, 6.45) is 6.78. The Morgan fingerprint density at radius 2 is 1.46 bits per heavy atom. The first kappa shape index (κ1) is 10.4. The Labute approximate surface area is 79.7 Å². The van der Waals surface area contributed by atoms with Crippen molar-refractivity contribution in [1.29, 1.82) is 0 Å². The average Bonchev–Trinajstić information content (AvgIpc) is 2.04. The molecule has 0 amide bonds. The van der Waals surface area contributed by atoms with E-state index >= 15 is 0 Å². The van der Waals surface area contributed by atoms with Crippen LogP contribution in [0.4, 0.5) is 0 Å². The zero-order valence-electron chi connectivity index (χ0n) is 8.24. The first-order valence-electron chi connectivity index (χ1n) is 5.13. The predicted octanol–water partition coefficient (Wildman–Crippen LogP) is 2.22. The summed E-state index contributed by atoms with van der Waals surface area (Å²) < 4.78 is 0. The van der Waals surface area contributed by atoms with Gasteiger partial charge in [0.25, 0.3) is 0 Å². The van der Waals surface area contributed by atoms with E-state index in [1.165, 1.54) is 0 Å². The van der Waals surface area contributed by atoms with Gasteiger partial charge in [-0.2, -0.15) is 0 Å². The van der Waals surface area contributed by atoms with Gasteiger partial charge in [-0.3, -0.25) is 0 Å². The lowest BCUT2D eigenvalue weighted by Crippen LogP contribution is -2.21. The number of carbonyl (C=O) groups is 2. The summed E-state index contributed by atoms with van der Waals surface area (Å²) in [6, 6.07) is 0. The van der Waals surface area contributed by atoms with Crippen LogP contribution in [0, 0.1) is 17.8 Å². The molecule has 0 saturated heterocycles.